The minimum atomic E-state index is -4.73. The van der Waals surface area contributed by atoms with E-state index in [1.807, 2.05) is 31.2 Å². The van der Waals surface area contributed by atoms with E-state index in [0.29, 0.717) is 36.4 Å². The molecule has 0 radical (unpaired) electrons. The lowest BCUT2D eigenvalue weighted by atomic mass is 10.1. The fraction of sp³-hybridized carbons (Fsp3) is 0.259. The van der Waals surface area contributed by atoms with Crippen LogP contribution in [-0.4, -0.2) is 47.4 Å². The molecule has 0 saturated carbocycles. The molecule has 4 aromatic heterocycles. The number of halogens is 3. The molecule has 2 N–H and O–H groups in total. The Labute approximate surface area is 226 Å². The van der Waals surface area contributed by atoms with Crippen molar-refractivity contribution in [2.75, 3.05) is 0 Å². The number of hydrogen-bond donors (Lipinski definition) is 2. The molecule has 5 rings (SSSR count). The van der Waals surface area contributed by atoms with Crippen molar-refractivity contribution in [2.45, 2.75) is 45.6 Å². The number of aromatic amines is 1. The fourth-order valence-electron chi connectivity index (χ4n) is 4.06. The molecule has 0 aliphatic carbocycles. The number of nitrogens with one attached hydrogen (secondary N) is 2. The summed E-state index contributed by atoms with van der Waals surface area (Å²) in [5.74, 6) is -0.581. The Morgan fingerprint density at radius 1 is 1.05 bits per heavy atom. The third-order valence-corrected chi connectivity index (χ3v) is 6.09. The summed E-state index contributed by atoms with van der Waals surface area (Å²) in [7, 11) is 0. The van der Waals surface area contributed by atoms with E-state index in [-0.39, 0.29) is 17.4 Å². The van der Waals surface area contributed by atoms with Crippen LogP contribution in [0.5, 0.6) is 5.75 Å². The summed E-state index contributed by atoms with van der Waals surface area (Å²) in [4.78, 5) is 19.7. The van der Waals surface area contributed by atoms with Gasteiger partial charge in [0.15, 0.2) is 11.3 Å². The Morgan fingerprint density at radius 3 is 2.62 bits per heavy atom. The molecule has 4 heterocycles. The van der Waals surface area contributed by atoms with Crippen molar-refractivity contribution in [3.8, 4) is 17.0 Å². The van der Waals surface area contributed by atoms with E-state index in [1.54, 1.807) is 29.2 Å². The molecule has 5 aromatic rings. The van der Waals surface area contributed by atoms with Crippen molar-refractivity contribution in [3.63, 3.8) is 0 Å². The van der Waals surface area contributed by atoms with E-state index in [0.717, 1.165) is 35.2 Å². The zero-order chi connectivity index (χ0) is 28.1. The van der Waals surface area contributed by atoms with Crippen molar-refractivity contribution < 1.29 is 22.7 Å². The molecule has 10 nitrogen and oxygen atoms in total. The van der Waals surface area contributed by atoms with Crippen LogP contribution in [0.4, 0.5) is 13.2 Å². The molecule has 0 fully saturated rings. The van der Waals surface area contributed by atoms with Crippen LogP contribution in [0.15, 0.2) is 60.9 Å². The highest BCUT2D eigenvalue weighted by Crippen LogP contribution is 2.28. The molecule has 13 heteroatoms. The van der Waals surface area contributed by atoms with Crippen LogP contribution in [0.2, 0.25) is 0 Å². The van der Waals surface area contributed by atoms with Gasteiger partial charge >= 0.3 is 6.36 Å². The zero-order valence-electron chi connectivity index (χ0n) is 21.4. The average Bonchev–Trinajstić information content (AvgIpc) is 3.57. The number of unbranched alkanes of at least 4 members (excludes halogenated alkanes) is 1. The summed E-state index contributed by atoms with van der Waals surface area (Å²) in [5, 5.41) is 20.2. The Hall–Kier alpha value is -4.81. The average molecular weight is 551 g/mol. The number of alkyl halides is 3. The number of hydrogen-bond acceptors (Lipinski definition) is 7. The van der Waals surface area contributed by atoms with Crippen LogP contribution in [0, 0.1) is 6.92 Å². The van der Waals surface area contributed by atoms with Gasteiger partial charge in [0, 0.05) is 36.1 Å². The molecule has 0 atom stereocenters. The first kappa shape index (κ1) is 26.8. The number of fused-ring (bicyclic) bond motifs is 1. The number of pyridine rings is 1. The van der Waals surface area contributed by atoms with Crippen molar-refractivity contribution in [1.29, 1.82) is 0 Å². The normalized spacial score (nSPS) is 11.6. The number of nitrogens with zero attached hydrogens (tertiary/aromatic N) is 6. The summed E-state index contributed by atoms with van der Waals surface area (Å²) in [6.45, 7) is 2.86. The van der Waals surface area contributed by atoms with Crippen LogP contribution in [0.1, 0.15) is 40.3 Å². The van der Waals surface area contributed by atoms with E-state index >= 15 is 0 Å². The first-order valence-electron chi connectivity index (χ1n) is 12.5. The Balaban J connectivity index is 1.10. The van der Waals surface area contributed by atoms with Crippen LogP contribution < -0.4 is 10.1 Å². The van der Waals surface area contributed by atoms with Gasteiger partial charge in [-0.15, -0.1) is 23.4 Å². The monoisotopic (exact) mass is 550 g/mol. The van der Waals surface area contributed by atoms with E-state index in [9.17, 15) is 18.0 Å². The smallest absolute Gasteiger partial charge is 0.406 e. The molecule has 1 amide bonds. The fourth-order valence-corrected chi connectivity index (χ4v) is 4.06. The van der Waals surface area contributed by atoms with Gasteiger partial charge in [0.1, 0.15) is 5.75 Å². The molecular formula is C27H25F3N8O2. The molecule has 0 aliphatic heterocycles. The van der Waals surface area contributed by atoms with Gasteiger partial charge in [-0.05, 0) is 79.8 Å². The molecular weight excluding hydrogens is 525 g/mol. The highest BCUT2D eigenvalue weighted by atomic mass is 19.4. The topological polar surface area (TPSA) is 124 Å². The van der Waals surface area contributed by atoms with E-state index in [1.165, 1.54) is 12.1 Å². The van der Waals surface area contributed by atoms with Gasteiger partial charge in [-0.1, -0.05) is 11.3 Å². The molecule has 40 heavy (non-hydrogen) atoms. The summed E-state index contributed by atoms with van der Waals surface area (Å²) in [6.07, 6.45) is 0.924. The second kappa shape index (κ2) is 11.5. The van der Waals surface area contributed by atoms with Crippen molar-refractivity contribution in [3.05, 3.63) is 83.6 Å². The number of ether oxygens (including phenoxy) is 1. The predicted molar refractivity (Wildman–Crippen MR) is 139 cm³/mol. The number of carbonyl (C=O) groups is 1. The summed E-state index contributed by atoms with van der Waals surface area (Å²) in [5.41, 5.74) is 4.87. The lowest BCUT2D eigenvalue weighted by Gasteiger charge is -2.08. The SMILES string of the molecule is Cc1ccc(CNC(=O)c2cn(CCCCc3cc4cc(-c5ccc(OC(F)(F)F)cc5)[nH]c4nn3)nn2)cn1. The van der Waals surface area contributed by atoms with Gasteiger partial charge in [-0.3, -0.25) is 14.5 Å². The van der Waals surface area contributed by atoms with Gasteiger partial charge in [0.25, 0.3) is 5.91 Å². The lowest BCUT2D eigenvalue weighted by Crippen LogP contribution is -2.23. The maximum atomic E-state index is 12.4. The Morgan fingerprint density at radius 2 is 1.88 bits per heavy atom. The third-order valence-electron chi connectivity index (χ3n) is 6.09. The Kier molecular flexibility index (Phi) is 7.71. The van der Waals surface area contributed by atoms with Crippen LogP contribution in [0.3, 0.4) is 0 Å². The molecule has 0 bridgehead atoms. The van der Waals surface area contributed by atoms with Crippen LogP contribution in [0.25, 0.3) is 22.3 Å². The maximum absolute atomic E-state index is 12.4. The van der Waals surface area contributed by atoms with E-state index < -0.39 is 6.36 Å². The predicted octanol–water partition coefficient (Wildman–Crippen LogP) is 4.77. The number of rotatable bonds is 10. The van der Waals surface area contributed by atoms with Crippen molar-refractivity contribution in [2.24, 2.45) is 0 Å². The summed E-state index contributed by atoms with van der Waals surface area (Å²) < 4.78 is 42.7. The number of H-pyrrole nitrogens is 1. The molecule has 0 aliphatic rings. The molecule has 206 valence electrons. The summed E-state index contributed by atoms with van der Waals surface area (Å²) in [6, 6.07) is 13.2. The lowest BCUT2D eigenvalue weighted by molar-refractivity contribution is -0.274. The Bertz CT molecular complexity index is 1600. The van der Waals surface area contributed by atoms with Crippen LogP contribution >= 0.6 is 0 Å². The van der Waals surface area contributed by atoms with Gasteiger partial charge in [0.2, 0.25) is 0 Å². The van der Waals surface area contributed by atoms with E-state index in [4.69, 9.17) is 0 Å². The van der Waals surface area contributed by atoms with Gasteiger partial charge in [-0.2, -0.15) is 5.10 Å². The first-order chi connectivity index (χ1) is 19.2. The highest BCUT2D eigenvalue weighted by Gasteiger charge is 2.31. The highest BCUT2D eigenvalue weighted by molar-refractivity contribution is 5.91. The minimum absolute atomic E-state index is 0.252. The second-order valence-corrected chi connectivity index (χ2v) is 9.21. The number of aryl methyl sites for hydroxylation is 3. The van der Waals surface area contributed by atoms with Crippen molar-refractivity contribution >= 4 is 16.9 Å². The molecule has 1 aromatic carbocycles. The molecule has 0 unspecified atom stereocenters. The largest absolute Gasteiger partial charge is 0.573 e. The summed E-state index contributed by atoms with van der Waals surface area (Å²) >= 11 is 0. The maximum Gasteiger partial charge on any atom is 0.573 e. The molecule has 0 spiro atoms. The van der Waals surface area contributed by atoms with Gasteiger partial charge in [-0.25, -0.2) is 0 Å². The number of carbonyl (C=O) groups excluding carboxylic acids is 1. The number of aromatic nitrogens is 7. The number of benzene rings is 1. The minimum Gasteiger partial charge on any atom is -0.406 e. The zero-order valence-corrected chi connectivity index (χ0v) is 21.4. The molecule has 0 saturated heterocycles. The van der Waals surface area contributed by atoms with E-state index in [2.05, 4.69) is 40.5 Å². The van der Waals surface area contributed by atoms with Gasteiger partial charge < -0.3 is 15.0 Å². The third kappa shape index (κ3) is 6.98. The van der Waals surface area contributed by atoms with Crippen molar-refractivity contribution in [1.82, 2.24) is 40.5 Å². The van der Waals surface area contributed by atoms with Gasteiger partial charge in [0.05, 0.1) is 11.9 Å². The number of amides is 1. The first-order valence-corrected chi connectivity index (χ1v) is 12.5. The standard InChI is InChI=1S/C27H25F3N8O2/c1-17-5-6-18(14-31-17)15-32-26(39)24-16-38(37-35-24)11-3-2-4-21-12-20-13-23(33-25(20)36-34-21)19-7-9-22(10-8-19)40-27(28,29)30/h5-10,12-14,16H,2-4,11,15H2,1H3,(H,32,39)(H,33,36). The quantitative estimate of drug-likeness (QED) is 0.240. The second-order valence-electron chi connectivity index (χ2n) is 9.21. The van der Waals surface area contributed by atoms with Crippen LogP contribution in [-0.2, 0) is 19.5 Å².